The van der Waals surface area contributed by atoms with Crippen LogP contribution in [0.15, 0.2) is 18.2 Å². The van der Waals surface area contributed by atoms with Crippen LogP contribution in [0.1, 0.15) is 25.0 Å². The van der Waals surface area contributed by atoms with E-state index in [0.29, 0.717) is 6.42 Å². The van der Waals surface area contributed by atoms with Gasteiger partial charge in [0.1, 0.15) is 11.6 Å². The SMILES string of the molecule is CC[C@H](O)c1cc(F)ccc1F. The third-order valence-electron chi connectivity index (χ3n) is 1.70. The molecule has 12 heavy (non-hydrogen) atoms. The molecule has 1 nitrogen and oxygen atoms in total. The highest BCUT2D eigenvalue weighted by Crippen LogP contribution is 2.20. The molecule has 0 heterocycles. The summed E-state index contributed by atoms with van der Waals surface area (Å²) >= 11 is 0. The van der Waals surface area contributed by atoms with Crippen LogP contribution in [0.5, 0.6) is 0 Å². The van der Waals surface area contributed by atoms with Gasteiger partial charge in [-0.2, -0.15) is 0 Å². The zero-order valence-corrected chi connectivity index (χ0v) is 6.72. The van der Waals surface area contributed by atoms with Crippen LogP contribution in [0.4, 0.5) is 8.78 Å². The summed E-state index contributed by atoms with van der Waals surface area (Å²) in [5.41, 5.74) is 0.0255. The van der Waals surface area contributed by atoms with Gasteiger partial charge in [-0.1, -0.05) is 6.92 Å². The van der Waals surface area contributed by atoms with E-state index in [1.807, 2.05) is 0 Å². The van der Waals surface area contributed by atoms with Crippen molar-refractivity contribution in [1.29, 1.82) is 0 Å². The van der Waals surface area contributed by atoms with Crippen LogP contribution < -0.4 is 0 Å². The topological polar surface area (TPSA) is 20.2 Å². The first kappa shape index (κ1) is 9.13. The van der Waals surface area contributed by atoms with E-state index in [2.05, 4.69) is 0 Å². The van der Waals surface area contributed by atoms with Crippen molar-refractivity contribution < 1.29 is 13.9 Å². The Kier molecular flexibility index (Phi) is 2.76. The molecule has 1 N–H and O–H groups in total. The number of benzene rings is 1. The Morgan fingerprint density at radius 2 is 2.08 bits per heavy atom. The highest BCUT2D eigenvalue weighted by molar-refractivity contribution is 5.20. The number of aliphatic hydroxyl groups is 1. The lowest BCUT2D eigenvalue weighted by atomic mass is 10.1. The monoisotopic (exact) mass is 172 g/mol. The number of halogens is 2. The molecule has 3 heteroatoms. The lowest BCUT2D eigenvalue weighted by molar-refractivity contribution is 0.168. The molecule has 0 unspecified atom stereocenters. The normalized spacial score (nSPS) is 13.0. The molecule has 0 saturated heterocycles. The van der Waals surface area contributed by atoms with Crippen LogP contribution in [0.3, 0.4) is 0 Å². The summed E-state index contributed by atoms with van der Waals surface area (Å²) in [6.07, 6.45) is -0.541. The fourth-order valence-corrected chi connectivity index (χ4v) is 0.990. The van der Waals surface area contributed by atoms with E-state index < -0.39 is 17.7 Å². The van der Waals surface area contributed by atoms with Crippen molar-refractivity contribution in [3.63, 3.8) is 0 Å². The summed E-state index contributed by atoms with van der Waals surface area (Å²) in [5, 5.41) is 9.23. The van der Waals surface area contributed by atoms with Crippen molar-refractivity contribution in [3.8, 4) is 0 Å². The highest BCUT2D eigenvalue weighted by Gasteiger charge is 2.10. The molecule has 0 aromatic heterocycles. The van der Waals surface area contributed by atoms with Crippen molar-refractivity contribution in [2.24, 2.45) is 0 Å². The van der Waals surface area contributed by atoms with E-state index in [-0.39, 0.29) is 5.56 Å². The molecule has 1 rings (SSSR count). The second kappa shape index (κ2) is 3.63. The Morgan fingerprint density at radius 1 is 1.42 bits per heavy atom. The lowest BCUT2D eigenvalue weighted by Gasteiger charge is -2.08. The van der Waals surface area contributed by atoms with Gasteiger partial charge in [-0.15, -0.1) is 0 Å². The van der Waals surface area contributed by atoms with E-state index in [1.165, 1.54) is 0 Å². The first-order valence-corrected chi connectivity index (χ1v) is 3.78. The summed E-state index contributed by atoms with van der Waals surface area (Å²) in [7, 11) is 0. The Bertz CT molecular complexity index is 273. The van der Waals surface area contributed by atoms with Gasteiger partial charge in [0.25, 0.3) is 0 Å². The quantitative estimate of drug-likeness (QED) is 0.726. The van der Waals surface area contributed by atoms with Crippen LogP contribution in [-0.4, -0.2) is 5.11 Å². The number of hydrogen-bond donors (Lipinski definition) is 1. The molecule has 0 aliphatic carbocycles. The standard InChI is InChI=1S/C9H10F2O/c1-2-9(12)7-5-6(10)3-4-8(7)11/h3-5,9,12H,2H2,1H3/t9-/m0/s1. The third-order valence-corrected chi connectivity index (χ3v) is 1.70. The van der Waals surface area contributed by atoms with Gasteiger partial charge in [-0.3, -0.25) is 0 Å². The van der Waals surface area contributed by atoms with Crippen molar-refractivity contribution in [1.82, 2.24) is 0 Å². The molecular formula is C9H10F2O. The second-order valence-corrected chi connectivity index (χ2v) is 2.59. The molecule has 0 saturated carbocycles. The summed E-state index contributed by atoms with van der Waals surface area (Å²) in [6, 6.07) is 3.06. The van der Waals surface area contributed by atoms with Crippen molar-refractivity contribution in [2.75, 3.05) is 0 Å². The van der Waals surface area contributed by atoms with Crippen LogP contribution in [-0.2, 0) is 0 Å². The van der Waals surface area contributed by atoms with Crippen LogP contribution in [0, 0.1) is 11.6 Å². The zero-order chi connectivity index (χ0) is 9.14. The van der Waals surface area contributed by atoms with Gasteiger partial charge in [0.2, 0.25) is 0 Å². The maximum absolute atomic E-state index is 12.9. The summed E-state index contributed by atoms with van der Waals surface area (Å²) in [6.45, 7) is 1.70. The number of hydrogen-bond acceptors (Lipinski definition) is 1. The van der Waals surface area contributed by atoms with Crippen molar-refractivity contribution >= 4 is 0 Å². The predicted molar refractivity (Wildman–Crippen MR) is 41.6 cm³/mol. The molecule has 1 aromatic carbocycles. The first-order valence-electron chi connectivity index (χ1n) is 3.78. The molecule has 66 valence electrons. The van der Waals surface area contributed by atoms with Gasteiger partial charge in [0.05, 0.1) is 6.10 Å². The zero-order valence-electron chi connectivity index (χ0n) is 6.72. The van der Waals surface area contributed by atoms with Gasteiger partial charge in [-0.05, 0) is 24.6 Å². The van der Waals surface area contributed by atoms with E-state index in [9.17, 15) is 13.9 Å². The van der Waals surface area contributed by atoms with Crippen LogP contribution in [0.25, 0.3) is 0 Å². The molecule has 1 aromatic rings. The van der Waals surface area contributed by atoms with E-state index >= 15 is 0 Å². The number of rotatable bonds is 2. The summed E-state index contributed by atoms with van der Waals surface area (Å²) in [5.74, 6) is -1.09. The average molecular weight is 172 g/mol. The third kappa shape index (κ3) is 1.80. The fourth-order valence-electron chi connectivity index (χ4n) is 0.990. The molecule has 0 radical (unpaired) electrons. The Hall–Kier alpha value is -0.960. The molecular weight excluding hydrogens is 162 g/mol. The molecule has 0 fully saturated rings. The maximum atomic E-state index is 12.9. The molecule has 1 atom stereocenters. The smallest absolute Gasteiger partial charge is 0.129 e. The van der Waals surface area contributed by atoms with E-state index in [0.717, 1.165) is 18.2 Å². The maximum Gasteiger partial charge on any atom is 0.129 e. The Balaban J connectivity index is 3.04. The highest BCUT2D eigenvalue weighted by atomic mass is 19.1. The van der Waals surface area contributed by atoms with Crippen LogP contribution in [0.2, 0.25) is 0 Å². The number of aliphatic hydroxyl groups excluding tert-OH is 1. The van der Waals surface area contributed by atoms with Gasteiger partial charge in [0.15, 0.2) is 0 Å². The van der Waals surface area contributed by atoms with E-state index in [4.69, 9.17) is 0 Å². The summed E-state index contributed by atoms with van der Waals surface area (Å²) in [4.78, 5) is 0. The molecule has 0 amide bonds. The molecule has 0 bridgehead atoms. The molecule has 0 spiro atoms. The minimum absolute atomic E-state index is 0.0255. The average Bonchev–Trinajstić information content (AvgIpc) is 2.08. The lowest BCUT2D eigenvalue weighted by Crippen LogP contribution is -1.99. The van der Waals surface area contributed by atoms with E-state index in [1.54, 1.807) is 6.92 Å². The van der Waals surface area contributed by atoms with Gasteiger partial charge in [0, 0.05) is 5.56 Å². The Morgan fingerprint density at radius 3 is 2.67 bits per heavy atom. The Labute approximate surface area is 69.7 Å². The first-order chi connectivity index (χ1) is 5.65. The van der Waals surface area contributed by atoms with Gasteiger partial charge >= 0.3 is 0 Å². The predicted octanol–water partition coefficient (Wildman–Crippen LogP) is 2.41. The summed E-state index contributed by atoms with van der Waals surface area (Å²) < 4.78 is 25.4. The second-order valence-electron chi connectivity index (χ2n) is 2.59. The van der Waals surface area contributed by atoms with Crippen molar-refractivity contribution in [3.05, 3.63) is 35.4 Å². The molecule has 0 aliphatic rings. The van der Waals surface area contributed by atoms with Crippen molar-refractivity contribution in [2.45, 2.75) is 19.4 Å². The minimum Gasteiger partial charge on any atom is -0.388 e. The largest absolute Gasteiger partial charge is 0.388 e. The fraction of sp³-hybridized carbons (Fsp3) is 0.333. The molecule has 0 aliphatic heterocycles. The minimum atomic E-state index is -0.916. The van der Waals surface area contributed by atoms with Gasteiger partial charge < -0.3 is 5.11 Å². The van der Waals surface area contributed by atoms with Crippen LogP contribution >= 0.6 is 0 Å². The van der Waals surface area contributed by atoms with Gasteiger partial charge in [-0.25, -0.2) is 8.78 Å².